The molecule has 7 heteroatoms. The SMILES string of the molecule is C=CCN(Cc1ccc(Cl)s1)CN1C(=O)NC2(C1=O)[C@@H](C)CCC[C@@H]2C. The predicted molar refractivity (Wildman–Crippen MR) is 105 cm³/mol. The lowest BCUT2D eigenvalue weighted by atomic mass is 9.67. The van der Waals surface area contributed by atoms with Gasteiger partial charge in [0.05, 0.1) is 11.0 Å². The molecule has 3 rings (SSSR count). The van der Waals surface area contributed by atoms with Crippen LogP contribution >= 0.6 is 22.9 Å². The Bertz CT molecular complexity index is 695. The van der Waals surface area contributed by atoms with Gasteiger partial charge in [0.15, 0.2) is 0 Å². The molecule has 1 saturated carbocycles. The molecule has 1 aromatic rings. The van der Waals surface area contributed by atoms with Gasteiger partial charge in [0.25, 0.3) is 5.91 Å². The number of imide groups is 1. The summed E-state index contributed by atoms with van der Waals surface area (Å²) in [5.74, 6) is 0.216. The number of halogens is 1. The molecule has 2 aliphatic rings. The molecule has 0 aromatic carbocycles. The molecular weight excluding hydrogens is 370 g/mol. The maximum atomic E-state index is 13.3. The van der Waals surface area contributed by atoms with Gasteiger partial charge < -0.3 is 5.32 Å². The van der Waals surface area contributed by atoms with Crippen molar-refractivity contribution in [3.63, 3.8) is 0 Å². The molecule has 1 spiro atoms. The molecule has 1 saturated heterocycles. The molecule has 2 atom stereocenters. The summed E-state index contributed by atoms with van der Waals surface area (Å²) in [6, 6.07) is 3.55. The maximum absolute atomic E-state index is 13.3. The van der Waals surface area contributed by atoms with Crippen molar-refractivity contribution in [2.24, 2.45) is 11.8 Å². The molecule has 0 radical (unpaired) electrons. The van der Waals surface area contributed by atoms with Crippen molar-refractivity contribution in [3.8, 4) is 0 Å². The summed E-state index contributed by atoms with van der Waals surface area (Å²) in [6.07, 6.45) is 4.83. The number of rotatable bonds is 6. The van der Waals surface area contributed by atoms with Gasteiger partial charge in [-0.2, -0.15) is 0 Å². The van der Waals surface area contributed by atoms with Gasteiger partial charge in [-0.05, 0) is 36.8 Å². The Hall–Kier alpha value is -1.37. The first-order chi connectivity index (χ1) is 12.4. The number of nitrogens with one attached hydrogen (secondary N) is 1. The van der Waals surface area contributed by atoms with Crippen molar-refractivity contribution in [2.45, 2.75) is 45.2 Å². The summed E-state index contributed by atoms with van der Waals surface area (Å²) < 4.78 is 0.734. The number of hydrogen-bond donors (Lipinski definition) is 1. The number of carbonyl (C=O) groups excluding carboxylic acids is 2. The highest BCUT2D eigenvalue weighted by atomic mass is 35.5. The molecule has 2 fully saturated rings. The zero-order valence-corrected chi connectivity index (χ0v) is 16.9. The number of urea groups is 1. The van der Waals surface area contributed by atoms with Gasteiger partial charge in [0, 0.05) is 18.0 Å². The second kappa shape index (κ2) is 7.71. The van der Waals surface area contributed by atoms with E-state index >= 15 is 0 Å². The molecule has 1 N–H and O–H groups in total. The van der Waals surface area contributed by atoms with E-state index < -0.39 is 5.54 Å². The molecule has 2 heterocycles. The Labute approximate surface area is 164 Å². The highest BCUT2D eigenvalue weighted by Crippen LogP contribution is 2.42. The van der Waals surface area contributed by atoms with Crippen LogP contribution in [0.25, 0.3) is 0 Å². The van der Waals surface area contributed by atoms with Gasteiger partial charge in [-0.1, -0.05) is 37.9 Å². The quantitative estimate of drug-likeness (QED) is 0.583. The van der Waals surface area contributed by atoms with Crippen molar-refractivity contribution in [2.75, 3.05) is 13.2 Å². The van der Waals surface area contributed by atoms with Crippen LogP contribution < -0.4 is 5.32 Å². The lowest BCUT2D eigenvalue weighted by Crippen LogP contribution is -2.59. The fourth-order valence-corrected chi connectivity index (χ4v) is 5.42. The fraction of sp³-hybridized carbons (Fsp3) is 0.579. The minimum absolute atomic E-state index is 0.0829. The summed E-state index contributed by atoms with van der Waals surface area (Å²) in [4.78, 5) is 30.4. The zero-order valence-electron chi connectivity index (χ0n) is 15.3. The average Bonchev–Trinajstić information content (AvgIpc) is 3.10. The Morgan fingerprint density at radius 3 is 2.65 bits per heavy atom. The minimum atomic E-state index is -0.749. The lowest BCUT2D eigenvalue weighted by Gasteiger charge is -2.42. The van der Waals surface area contributed by atoms with Crippen molar-refractivity contribution < 1.29 is 9.59 Å². The molecule has 0 unspecified atom stereocenters. The van der Waals surface area contributed by atoms with E-state index in [1.807, 2.05) is 17.0 Å². The summed E-state index contributed by atoms with van der Waals surface area (Å²) >= 11 is 7.53. The first-order valence-electron chi connectivity index (χ1n) is 9.10. The molecule has 142 valence electrons. The van der Waals surface area contributed by atoms with Gasteiger partial charge in [0.2, 0.25) is 0 Å². The van der Waals surface area contributed by atoms with E-state index in [2.05, 4.69) is 25.7 Å². The number of thiophene rings is 1. The van der Waals surface area contributed by atoms with Crippen LogP contribution in [-0.2, 0) is 11.3 Å². The molecule has 3 amide bonds. The van der Waals surface area contributed by atoms with Crippen LogP contribution in [0.5, 0.6) is 0 Å². The normalized spacial score (nSPS) is 25.2. The fourth-order valence-electron chi connectivity index (χ4n) is 4.29. The van der Waals surface area contributed by atoms with E-state index in [9.17, 15) is 9.59 Å². The van der Waals surface area contributed by atoms with Gasteiger partial charge in [-0.3, -0.25) is 9.69 Å². The standard InChI is InChI=1S/C19H26ClN3O2S/c1-4-10-22(11-15-8-9-16(20)26-15)12-23-17(24)19(21-18(23)25)13(2)6-5-7-14(19)3/h4,8-9,13-14H,1,5-7,10-12H2,2-3H3,(H,21,25)/t13-,14-/m0/s1. The third-order valence-electron chi connectivity index (χ3n) is 5.72. The van der Waals surface area contributed by atoms with Crippen molar-refractivity contribution in [3.05, 3.63) is 34.0 Å². The highest BCUT2D eigenvalue weighted by Gasteiger charge is 2.58. The van der Waals surface area contributed by atoms with Crippen LogP contribution in [0.2, 0.25) is 4.34 Å². The number of carbonyl (C=O) groups is 2. The third-order valence-corrected chi connectivity index (χ3v) is 6.94. The van der Waals surface area contributed by atoms with E-state index in [0.717, 1.165) is 28.5 Å². The number of hydrogen-bond acceptors (Lipinski definition) is 4. The molecular formula is C19H26ClN3O2S. The van der Waals surface area contributed by atoms with E-state index in [1.165, 1.54) is 16.2 Å². The number of amides is 3. The Balaban J connectivity index is 1.77. The minimum Gasteiger partial charge on any atom is -0.323 e. The molecule has 5 nitrogen and oxygen atoms in total. The average molecular weight is 396 g/mol. The lowest BCUT2D eigenvalue weighted by molar-refractivity contribution is -0.138. The highest BCUT2D eigenvalue weighted by molar-refractivity contribution is 7.16. The molecule has 1 aliphatic carbocycles. The van der Waals surface area contributed by atoms with E-state index in [4.69, 9.17) is 11.6 Å². The second-order valence-corrected chi connectivity index (χ2v) is 9.21. The third kappa shape index (κ3) is 3.42. The molecule has 0 bridgehead atoms. The molecule has 1 aromatic heterocycles. The smallest absolute Gasteiger partial charge is 0.323 e. The van der Waals surface area contributed by atoms with Gasteiger partial charge in [0.1, 0.15) is 5.54 Å². The van der Waals surface area contributed by atoms with Crippen LogP contribution in [0.3, 0.4) is 0 Å². The summed E-state index contributed by atoms with van der Waals surface area (Å²) in [5, 5.41) is 3.05. The van der Waals surface area contributed by atoms with Crippen LogP contribution in [0.4, 0.5) is 4.79 Å². The van der Waals surface area contributed by atoms with Crippen molar-refractivity contribution in [1.29, 1.82) is 0 Å². The first kappa shape index (κ1) is 19.4. The second-order valence-electron chi connectivity index (χ2n) is 7.41. The maximum Gasteiger partial charge on any atom is 0.326 e. The largest absolute Gasteiger partial charge is 0.326 e. The van der Waals surface area contributed by atoms with Crippen LogP contribution in [-0.4, -0.2) is 40.5 Å². The van der Waals surface area contributed by atoms with E-state index in [-0.39, 0.29) is 30.4 Å². The topological polar surface area (TPSA) is 52.6 Å². The van der Waals surface area contributed by atoms with Gasteiger partial charge in [-0.25, -0.2) is 9.69 Å². The molecule has 26 heavy (non-hydrogen) atoms. The predicted octanol–water partition coefficient (Wildman–Crippen LogP) is 4.09. The summed E-state index contributed by atoms with van der Waals surface area (Å²) in [5.41, 5.74) is -0.749. The summed E-state index contributed by atoms with van der Waals surface area (Å²) in [7, 11) is 0. The van der Waals surface area contributed by atoms with Crippen molar-refractivity contribution in [1.82, 2.24) is 15.1 Å². The first-order valence-corrected chi connectivity index (χ1v) is 10.3. The monoisotopic (exact) mass is 395 g/mol. The Kier molecular flexibility index (Phi) is 5.75. The van der Waals surface area contributed by atoms with E-state index in [1.54, 1.807) is 6.08 Å². The van der Waals surface area contributed by atoms with Crippen LogP contribution in [0.15, 0.2) is 24.8 Å². The van der Waals surface area contributed by atoms with Crippen LogP contribution in [0.1, 0.15) is 38.0 Å². The van der Waals surface area contributed by atoms with Crippen LogP contribution in [0, 0.1) is 11.8 Å². The number of nitrogens with zero attached hydrogens (tertiary/aromatic N) is 2. The summed E-state index contributed by atoms with van der Waals surface area (Å²) in [6.45, 7) is 9.42. The Morgan fingerprint density at radius 1 is 1.38 bits per heavy atom. The zero-order chi connectivity index (χ0) is 18.9. The van der Waals surface area contributed by atoms with Gasteiger partial charge in [-0.15, -0.1) is 17.9 Å². The molecule has 1 aliphatic heterocycles. The van der Waals surface area contributed by atoms with E-state index in [0.29, 0.717) is 13.1 Å². The van der Waals surface area contributed by atoms with Crippen molar-refractivity contribution >= 4 is 34.9 Å². The van der Waals surface area contributed by atoms with Gasteiger partial charge >= 0.3 is 6.03 Å². The Morgan fingerprint density at radius 2 is 2.08 bits per heavy atom.